The third-order valence-electron chi connectivity index (χ3n) is 5.47. The fourth-order valence-corrected chi connectivity index (χ4v) is 4.01. The van der Waals surface area contributed by atoms with Crippen molar-refractivity contribution in [1.29, 1.82) is 0 Å². The molecule has 36 heavy (non-hydrogen) atoms. The number of nitrogens with zero attached hydrogens (tertiary/aromatic N) is 1. The van der Waals surface area contributed by atoms with Crippen LogP contribution in [-0.4, -0.2) is 29.7 Å². The van der Waals surface area contributed by atoms with Crippen LogP contribution in [0.1, 0.15) is 50.8 Å². The van der Waals surface area contributed by atoms with Crippen molar-refractivity contribution in [1.82, 2.24) is 5.32 Å². The summed E-state index contributed by atoms with van der Waals surface area (Å²) in [6.45, 7) is 7.80. The smallest absolute Gasteiger partial charge is 0.319 e. The summed E-state index contributed by atoms with van der Waals surface area (Å²) in [5.41, 5.74) is 4.78. The molecule has 0 spiro atoms. The Labute approximate surface area is 218 Å². The summed E-state index contributed by atoms with van der Waals surface area (Å²) in [6.07, 6.45) is 1.32. The average molecular weight is 505 g/mol. The van der Waals surface area contributed by atoms with Gasteiger partial charge in [-0.3, -0.25) is 9.79 Å². The third kappa shape index (κ3) is 7.18. The van der Waals surface area contributed by atoms with Gasteiger partial charge in [0.15, 0.2) is 0 Å². The van der Waals surface area contributed by atoms with Crippen molar-refractivity contribution >= 4 is 40.6 Å². The van der Waals surface area contributed by atoms with Crippen LogP contribution in [0, 0.1) is 0 Å². The monoisotopic (exact) mass is 504 g/mol. The third-order valence-corrected chi connectivity index (χ3v) is 5.70. The summed E-state index contributed by atoms with van der Waals surface area (Å²) in [5, 5.41) is 9.20. The molecule has 188 valence electrons. The number of amides is 3. The minimum Gasteiger partial charge on any atom is -0.336 e. The van der Waals surface area contributed by atoms with Gasteiger partial charge in [0.05, 0.1) is 11.4 Å². The maximum Gasteiger partial charge on any atom is 0.319 e. The van der Waals surface area contributed by atoms with Crippen molar-refractivity contribution < 1.29 is 9.59 Å². The molecule has 1 unspecified atom stereocenters. The SMILES string of the molecule is CC.CC(C)NC(=O)Nc1ccc(C2=NC(CCc3ccccc3)C(=O)Nc3ccc(Cl)cc32)cc1. The number of halogens is 1. The molecule has 1 heterocycles. The zero-order valence-electron chi connectivity index (χ0n) is 21.1. The van der Waals surface area contributed by atoms with Crippen molar-refractivity contribution in [2.24, 2.45) is 4.99 Å². The Balaban J connectivity index is 0.00000176. The molecule has 3 N–H and O–H groups in total. The van der Waals surface area contributed by atoms with Gasteiger partial charge < -0.3 is 16.0 Å². The first kappa shape index (κ1) is 27.0. The average Bonchev–Trinajstić information content (AvgIpc) is 3.00. The second kappa shape index (κ2) is 12.9. The number of anilines is 2. The van der Waals surface area contributed by atoms with Crippen molar-refractivity contribution in [2.45, 2.75) is 52.6 Å². The van der Waals surface area contributed by atoms with E-state index in [-0.39, 0.29) is 18.0 Å². The molecule has 7 heteroatoms. The van der Waals surface area contributed by atoms with E-state index < -0.39 is 6.04 Å². The van der Waals surface area contributed by atoms with Crippen LogP contribution in [0.2, 0.25) is 5.02 Å². The Morgan fingerprint density at radius 1 is 1.03 bits per heavy atom. The lowest BCUT2D eigenvalue weighted by molar-refractivity contribution is -0.117. The standard InChI is InChI=1S/C27H27ClN4O2.C2H6/c1-17(2)29-27(34)30-21-12-9-19(10-13-21)25-22-16-20(28)11-15-23(22)32-26(33)24(31-25)14-8-18-6-4-3-5-7-18;1-2/h3-7,9-13,15-17,24H,8,14H2,1-2H3,(H,32,33)(H2,29,30,34);1-2H3. The Bertz CT molecular complexity index is 1210. The molecule has 1 atom stereocenters. The number of benzodiazepines with no additional fused rings is 1. The number of benzene rings is 3. The second-order valence-electron chi connectivity index (χ2n) is 8.53. The Kier molecular flexibility index (Phi) is 9.65. The van der Waals surface area contributed by atoms with Crippen molar-refractivity contribution in [3.63, 3.8) is 0 Å². The minimum absolute atomic E-state index is 0.0405. The quantitative estimate of drug-likeness (QED) is 0.349. The number of fused-ring (bicyclic) bond motifs is 1. The summed E-state index contributed by atoms with van der Waals surface area (Å²) in [6, 6.07) is 22.1. The first-order valence-electron chi connectivity index (χ1n) is 12.3. The number of rotatable bonds is 6. The molecule has 0 radical (unpaired) electrons. The molecule has 3 amide bonds. The van der Waals surface area contributed by atoms with Crippen LogP contribution < -0.4 is 16.0 Å². The van der Waals surface area contributed by atoms with Gasteiger partial charge in [-0.25, -0.2) is 4.79 Å². The molecule has 0 fully saturated rings. The largest absolute Gasteiger partial charge is 0.336 e. The predicted molar refractivity (Wildman–Crippen MR) is 149 cm³/mol. The van der Waals surface area contributed by atoms with Gasteiger partial charge >= 0.3 is 6.03 Å². The first-order chi connectivity index (χ1) is 17.4. The van der Waals surface area contributed by atoms with Crippen LogP contribution >= 0.6 is 11.6 Å². The lowest BCUT2D eigenvalue weighted by Crippen LogP contribution is -2.34. The van der Waals surface area contributed by atoms with Crippen LogP contribution in [0.15, 0.2) is 77.8 Å². The van der Waals surface area contributed by atoms with Crippen LogP contribution in [0.3, 0.4) is 0 Å². The number of hydrogen-bond donors (Lipinski definition) is 3. The summed E-state index contributed by atoms with van der Waals surface area (Å²) >= 11 is 6.30. The summed E-state index contributed by atoms with van der Waals surface area (Å²) in [7, 11) is 0. The van der Waals surface area contributed by atoms with Crippen molar-refractivity contribution in [2.75, 3.05) is 10.6 Å². The van der Waals surface area contributed by atoms with E-state index in [1.165, 1.54) is 0 Å². The molecule has 0 bridgehead atoms. The second-order valence-corrected chi connectivity index (χ2v) is 8.96. The van der Waals surface area contributed by atoms with Gasteiger partial charge in [-0.2, -0.15) is 0 Å². The Morgan fingerprint density at radius 3 is 2.39 bits per heavy atom. The highest BCUT2D eigenvalue weighted by Crippen LogP contribution is 2.28. The van der Waals surface area contributed by atoms with E-state index in [4.69, 9.17) is 16.6 Å². The Hall–Kier alpha value is -3.64. The van der Waals surface area contributed by atoms with Gasteiger partial charge in [-0.1, -0.05) is 67.9 Å². The van der Waals surface area contributed by atoms with Crippen LogP contribution in [0.4, 0.5) is 16.2 Å². The van der Waals surface area contributed by atoms with Crippen LogP contribution in [0.5, 0.6) is 0 Å². The van der Waals surface area contributed by atoms with E-state index in [2.05, 4.69) is 28.1 Å². The van der Waals surface area contributed by atoms with E-state index in [0.29, 0.717) is 28.5 Å². The lowest BCUT2D eigenvalue weighted by atomic mass is 10.00. The molecule has 0 saturated carbocycles. The molecular weight excluding hydrogens is 472 g/mol. The van der Waals surface area contributed by atoms with Crippen molar-refractivity contribution in [3.8, 4) is 0 Å². The summed E-state index contributed by atoms with van der Waals surface area (Å²) < 4.78 is 0. The number of hydrogen-bond acceptors (Lipinski definition) is 3. The molecular formula is C29H33ClN4O2. The van der Waals surface area contributed by atoms with Gasteiger partial charge in [-0.05, 0) is 62.6 Å². The summed E-state index contributed by atoms with van der Waals surface area (Å²) in [4.78, 5) is 29.9. The van der Waals surface area contributed by atoms with Gasteiger partial charge in [0.25, 0.3) is 0 Å². The van der Waals surface area contributed by atoms with Gasteiger partial charge in [-0.15, -0.1) is 0 Å². The fraction of sp³-hybridized carbons (Fsp3) is 0.276. The van der Waals surface area contributed by atoms with Gasteiger partial charge in [0, 0.05) is 27.9 Å². The van der Waals surface area contributed by atoms with E-state index in [0.717, 1.165) is 23.1 Å². The van der Waals surface area contributed by atoms with E-state index in [9.17, 15) is 9.59 Å². The van der Waals surface area contributed by atoms with Crippen molar-refractivity contribution in [3.05, 3.63) is 94.5 Å². The zero-order valence-corrected chi connectivity index (χ0v) is 21.9. The predicted octanol–water partition coefficient (Wildman–Crippen LogP) is 6.69. The van der Waals surface area contributed by atoms with E-state index >= 15 is 0 Å². The molecule has 4 rings (SSSR count). The summed E-state index contributed by atoms with van der Waals surface area (Å²) in [5.74, 6) is -0.141. The highest BCUT2D eigenvalue weighted by Gasteiger charge is 2.26. The van der Waals surface area contributed by atoms with E-state index in [1.54, 1.807) is 12.1 Å². The molecule has 6 nitrogen and oxygen atoms in total. The topological polar surface area (TPSA) is 82.6 Å². The zero-order chi connectivity index (χ0) is 26.1. The fourth-order valence-electron chi connectivity index (χ4n) is 3.84. The normalized spacial score (nSPS) is 14.4. The molecule has 3 aromatic carbocycles. The maximum atomic E-state index is 13.0. The van der Waals surface area contributed by atoms with Gasteiger partial charge in [0.1, 0.15) is 6.04 Å². The first-order valence-corrected chi connectivity index (χ1v) is 12.7. The Morgan fingerprint density at radius 2 is 1.72 bits per heavy atom. The molecule has 1 aliphatic rings. The highest BCUT2D eigenvalue weighted by molar-refractivity contribution is 6.32. The van der Waals surface area contributed by atoms with Crippen LogP contribution in [0.25, 0.3) is 0 Å². The molecule has 1 aliphatic heterocycles. The van der Waals surface area contributed by atoms with E-state index in [1.807, 2.05) is 76.2 Å². The number of carbonyl (C=O) groups is 2. The number of carbonyl (C=O) groups excluding carboxylic acids is 2. The molecule has 0 saturated heterocycles. The lowest BCUT2D eigenvalue weighted by Gasteiger charge is -2.13. The van der Waals surface area contributed by atoms with Crippen LogP contribution in [-0.2, 0) is 11.2 Å². The number of nitrogens with one attached hydrogen (secondary N) is 3. The highest BCUT2D eigenvalue weighted by atomic mass is 35.5. The molecule has 0 aromatic heterocycles. The number of aryl methyl sites for hydroxylation is 1. The van der Waals surface area contributed by atoms with Gasteiger partial charge in [0.2, 0.25) is 5.91 Å². The molecule has 3 aromatic rings. The number of aliphatic imine (C=N–C) groups is 1. The maximum absolute atomic E-state index is 13.0. The minimum atomic E-state index is -0.545. The number of urea groups is 1. The molecule has 0 aliphatic carbocycles.